The van der Waals surface area contributed by atoms with Crippen LogP contribution in [0.25, 0.3) is 0 Å². The van der Waals surface area contributed by atoms with E-state index in [1.807, 2.05) is 12.1 Å². The third-order valence-corrected chi connectivity index (χ3v) is 8.51. The Morgan fingerprint density at radius 2 is 1.73 bits per heavy atom. The summed E-state index contributed by atoms with van der Waals surface area (Å²) < 4.78 is 27.1. The number of benzene rings is 2. The SMILES string of the molecule is O=C(Nc1ccc(N2CCCC2=O)cc1)C1CCN(S(=O)(=O)Cc2ccc(Cl)cc2Cl)CC1. The largest absolute Gasteiger partial charge is 0.326 e. The maximum absolute atomic E-state index is 12.8. The normalized spacial score (nSPS) is 18.0. The van der Waals surface area contributed by atoms with Crippen molar-refractivity contribution in [2.75, 3.05) is 29.9 Å². The second kappa shape index (κ2) is 10.0. The molecule has 176 valence electrons. The Balaban J connectivity index is 1.31. The summed E-state index contributed by atoms with van der Waals surface area (Å²) in [5, 5.41) is 3.68. The van der Waals surface area contributed by atoms with Crippen LogP contribution in [0.5, 0.6) is 0 Å². The van der Waals surface area contributed by atoms with Crippen molar-refractivity contribution in [2.45, 2.75) is 31.4 Å². The molecule has 0 atom stereocenters. The summed E-state index contributed by atoms with van der Waals surface area (Å²) in [6, 6.07) is 12.0. The molecule has 0 bridgehead atoms. The lowest BCUT2D eigenvalue weighted by Crippen LogP contribution is -2.41. The Bertz CT molecular complexity index is 1150. The number of anilines is 2. The van der Waals surface area contributed by atoms with Crippen molar-refractivity contribution in [3.8, 4) is 0 Å². The molecule has 10 heteroatoms. The van der Waals surface area contributed by atoms with Crippen LogP contribution in [0.3, 0.4) is 0 Å². The quantitative estimate of drug-likeness (QED) is 0.628. The van der Waals surface area contributed by atoms with Gasteiger partial charge in [-0.25, -0.2) is 12.7 Å². The predicted molar refractivity (Wildman–Crippen MR) is 130 cm³/mol. The van der Waals surface area contributed by atoms with Gasteiger partial charge >= 0.3 is 0 Å². The molecule has 0 spiro atoms. The number of amides is 2. The minimum atomic E-state index is -3.56. The van der Waals surface area contributed by atoms with Crippen LogP contribution in [0.1, 0.15) is 31.2 Å². The molecule has 2 aromatic carbocycles. The summed E-state index contributed by atoms with van der Waals surface area (Å²) in [5.41, 5.74) is 1.98. The van der Waals surface area contributed by atoms with Crippen LogP contribution in [-0.2, 0) is 25.4 Å². The zero-order valence-corrected chi connectivity index (χ0v) is 20.3. The van der Waals surface area contributed by atoms with Gasteiger partial charge in [0.2, 0.25) is 21.8 Å². The highest BCUT2D eigenvalue weighted by Crippen LogP contribution is 2.27. The monoisotopic (exact) mass is 509 g/mol. The van der Waals surface area contributed by atoms with Crippen molar-refractivity contribution in [1.82, 2.24) is 4.31 Å². The number of hydrogen-bond acceptors (Lipinski definition) is 4. The molecule has 2 amide bonds. The van der Waals surface area contributed by atoms with E-state index >= 15 is 0 Å². The van der Waals surface area contributed by atoms with Gasteiger partial charge in [-0.1, -0.05) is 29.3 Å². The lowest BCUT2D eigenvalue weighted by atomic mass is 9.97. The van der Waals surface area contributed by atoms with Gasteiger partial charge in [0.1, 0.15) is 0 Å². The smallest absolute Gasteiger partial charge is 0.227 e. The Kier molecular flexibility index (Phi) is 7.28. The number of carbonyl (C=O) groups excluding carboxylic acids is 2. The number of hydrogen-bond donors (Lipinski definition) is 1. The van der Waals surface area contributed by atoms with Gasteiger partial charge in [-0.3, -0.25) is 9.59 Å². The topological polar surface area (TPSA) is 86.8 Å². The van der Waals surface area contributed by atoms with Crippen LogP contribution in [-0.4, -0.2) is 44.2 Å². The van der Waals surface area contributed by atoms with E-state index in [-0.39, 0.29) is 36.6 Å². The first-order valence-corrected chi connectivity index (χ1v) is 13.2. The van der Waals surface area contributed by atoms with E-state index in [0.29, 0.717) is 40.6 Å². The Labute approximate surface area is 203 Å². The molecule has 2 fully saturated rings. The molecular weight excluding hydrogens is 485 g/mol. The molecular formula is C23H25Cl2N3O4S. The number of carbonyl (C=O) groups is 2. The second-order valence-corrected chi connectivity index (χ2v) is 11.2. The minimum absolute atomic E-state index is 0.117. The number of rotatable bonds is 6. The van der Waals surface area contributed by atoms with Crippen LogP contribution < -0.4 is 10.2 Å². The average molecular weight is 510 g/mol. The predicted octanol–water partition coefficient (Wildman–Crippen LogP) is 4.30. The molecule has 2 aliphatic heterocycles. The van der Waals surface area contributed by atoms with Crippen molar-refractivity contribution in [3.63, 3.8) is 0 Å². The summed E-state index contributed by atoms with van der Waals surface area (Å²) in [5.74, 6) is -0.480. The first kappa shape index (κ1) is 24.0. The summed E-state index contributed by atoms with van der Waals surface area (Å²) in [4.78, 5) is 26.3. The molecule has 33 heavy (non-hydrogen) atoms. The van der Waals surface area contributed by atoms with E-state index in [0.717, 1.165) is 18.7 Å². The Morgan fingerprint density at radius 3 is 2.33 bits per heavy atom. The third kappa shape index (κ3) is 5.69. The van der Waals surface area contributed by atoms with Gasteiger partial charge in [-0.2, -0.15) is 0 Å². The molecule has 2 aromatic rings. The lowest BCUT2D eigenvalue weighted by Gasteiger charge is -2.30. The summed E-state index contributed by atoms with van der Waals surface area (Å²) >= 11 is 12.0. The fourth-order valence-electron chi connectivity index (χ4n) is 4.21. The van der Waals surface area contributed by atoms with Crippen molar-refractivity contribution < 1.29 is 18.0 Å². The van der Waals surface area contributed by atoms with Gasteiger partial charge in [0.15, 0.2) is 0 Å². The fraction of sp³-hybridized carbons (Fsp3) is 0.391. The second-order valence-electron chi connectivity index (χ2n) is 8.35. The first-order chi connectivity index (χ1) is 15.7. The number of halogens is 2. The van der Waals surface area contributed by atoms with Gasteiger partial charge in [-0.05, 0) is 61.2 Å². The molecule has 2 saturated heterocycles. The standard InChI is InChI=1S/C23H25Cl2N3O4S/c24-18-4-3-17(21(25)14-18)15-33(31,32)27-12-9-16(10-13-27)23(30)26-19-5-7-20(8-6-19)28-11-1-2-22(28)29/h3-8,14,16H,1-2,9-13,15H2,(H,26,30). The zero-order valence-electron chi connectivity index (χ0n) is 18.0. The van der Waals surface area contributed by atoms with E-state index in [1.165, 1.54) is 10.4 Å². The first-order valence-electron chi connectivity index (χ1n) is 10.9. The molecule has 0 saturated carbocycles. The van der Waals surface area contributed by atoms with Crippen LogP contribution >= 0.6 is 23.2 Å². The summed E-state index contributed by atoms with van der Waals surface area (Å²) in [6.07, 6.45) is 2.32. The minimum Gasteiger partial charge on any atom is -0.326 e. The van der Waals surface area contributed by atoms with E-state index in [1.54, 1.807) is 29.2 Å². The van der Waals surface area contributed by atoms with E-state index < -0.39 is 10.0 Å². The third-order valence-electron chi connectivity index (χ3n) is 6.09. The van der Waals surface area contributed by atoms with E-state index in [2.05, 4.69) is 5.32 Å². The van der Waals surface area contributed by atoms with Gasteiger partial charge in [0, 0.05) is 53.4 Å². The molecule has 0 aromatic heterocycles. The Hall–Kier alpha value is -2.13. The number of piperidine rings is 1. The van der Waals surface area contributed by atoms with Crippen molar-refractivity contribution in [1.29, 1.82) is 0 Å². The van der Waals surface area contributed by atoms with Crippen LogP contribution in [0, 0.1) is 5.92 Å². The van der Waals surface area contributed by atoms with Crippen LogP contribution in [0.15, 0.2) is 42.5 Å². The molecule has 1 N–H and O–H groups in total. The Morgan fingerprint density at radius 1 is 1.03 bits per heavy atom. The van der Waals surface area contributed by atoms with Crippen molar-refractivity contribution >= 4 is 56.4 Å². The summed E-state index contributed by atoms with van der Waals surface area (Å²) in [6.45, 7) is 1.28. The molecule has 7 nitrogen and oxygen atoms in total. The van der Waals surface area contributed by atoms with Crippen molar-refractivity contribution in [3.05, 3.63) is 58.1 Å². The molecule has 0 radical (unpaired) electrons. The summed E-state index contributed by atoms with van der Waals surface area (Å²) in [7, 11) is -3.56. The zero-order chi connectivity index (χ0) is 23.6. The van der Waals surface area contributed by atoms with E-state index in [9.17, 15) is 18.0 Å². The van der Waals surface area contributed by atoms with Gasteiger partial charge in [0.25, 0.3) is 0 Å². The highest BCUT2D eigenvalue weighted by Gasteiger charge is 2.31. The van der Waals surface area contributed by atoms with Gasteiger partial charge in [-0.15, -0.1) is 0 Å². The highest BCUT2D eigenvalue weighted by atomic mass is 35.5. The van der Waals surface area contributed by atoms with E-state index in [4.69, 9.17) is 23.2 Å². The molecule has 2 aliphatic rings. The highest BCUT2D eigenvalue weighted by molar-refractivity contribution is 7.88. The number of sulfonamides is 1. The maximum atomic E-state index is 12.8. The van der Waals surface area contributed by atoms with Crippen LogP contribution in [0.4, 0.5) is 11.4 Å². The molecule has 0 aliphatic carbocycles. The van der Waals surface area contributed by atoms with Crippen molar-refractivity contribution in [2.24, 2.45) is 5.92 Å². The maximum Gasteiger partial charge on any atom is 0.227 e. The number of nitrogens with zero attached hydrogens (tertiary/aromatic N) is 2. The molecule has 0 unspecified atom stereocenters. The average Bonchev–Trinajstić information content (AvgIpc) is 3.22. The molecule has 2 heterocycles. The lowest BCUT2D eigenvalue weighted by molar-refractivity contribution is -0.121. The van der Waals surface area contributed by atoms with Gasteiger partial charge in [0.05, 0.1) is 5.75 Å². The van der Waals surface area contributed by atoms with Crippen LogP contribution in [0.2, 0.25) is 10.0 Å². The molecule has 4 rings (SSSR count). The number of nitrogens with one attached hydrogen (secondary N) is 1. The van der Waals surface area contributed by atoms with Gasteiger partial charge < -0.3 is 10.2 Å². The fourth-order valence-corrected chi connectivity index (χ4v) is 6.36.